The minimum Gasteiger partial charge on any atom is -0.355 e. The number of hydrogen-bond acceptors (Lipinski definition) is 4. The molecule has 0 spiro atoms. The second-order valence-electron chi connectivity index (χ2n) is 7.74. The Bertz CT molecular complexity index is 1190. The number of amides is 1. The number of fused-ring (bicyclic) bond motifs is 1. The summed E-state index contributed by atoms with van der Waals surface area (Å²) >= 11 is 0. The number of nitrogens with one attached hydrogen (secondary N) is 1. The number of carbonyl (C=O) groups excluding carboxylic acids is 1. The summed E-state index contributed by atoms with van der Waals surface area (Å²) in [6.07, 6.45) is 1.59. The molecule has 1 amide bonds. The zero-order valence-corrected chi connectivity index (χ0v) is 16.9. The Morgan fingerprint density at radius 2 is 1.93 bits per heavy atom. The van der Waals surface area contributed by atoms with Gasteiger partial charge in [-0.25, -0.2) is 14.2 Å². The SMILES string of the molecule is Cn1c(=O)c2c(ncn2CCC(=O)NCC(C)(C)c2cccc(F)c2)n(C)c1=O. The smallest absolute Gasteiger partial charge is 0.332 e. The van der Waals surface area contributed by atoms with E-state index in [2.05, 4.69) is 10.3 Å². The Morgan fingerprint density at radius 1 is 1.21 bits per heavy atom. The van der Waals surface area contributed by atoms with Crippen LogP contribution in [0.1, 0.15) is 25.8 Å². The molecule has 1 N–H and O–H groups in total. The zero-order valence-electron chi connectivity index (χ0n) is 16.9. The normalized spacial score (nSPS) is 11.8. The van der Waals surface area contributed by atoms with Crippen molar-refractivity contribution in [2.45, 2.75) is 32.2 Å². The van der Waals surface area contributed by atoms with Crippen LogP contribution in [0.15, 0.2) is 40.2 Å². The Morgan fingerprint density at radius 3 is 2.62 bits per heavy atom. The van der Waals surface area contributed by atoms with Gasteiger partial charge in [0.25, 0.3) is 5.56 Å². The number of hydrogen-bond donors (Lipinski definition) is 1. The van der Waals surface area contributed by atoms with E-state index in [1.807, 2.05) is 19.9 Å². The number of rotatable bonds is 6. The molecule has 0 unspecified atom stereocenters. The number of imidazole rings is 1. The molecule has 0 atom stereocenters. The monoisotopic (exact) mass is 401 g/mol. The zero-order chi connectivity index (χ0) is 21.3. The third-order valence-electron chi connectivity index (χ3n) is 5.13. The lowest BCUT2D eigenvalue weighted by Crippen LogP contribution is -2.38. The van der Waals surface area contributed by atoms with Crippen molar-refractivity contribution >= 4 is 17.1 Å². The first-order chi connectivity index (χ1) is 13.6. The first-order valence-corrected chi connectivity index (χ1v) is 9.25. The predicted molar refractivity (Wildman–Crippen MR) is 107 cm³/mol. The Kier molecular flexibility index (Phi) is 5.41. The van der Waals surface area contributed by atoms with Crippen LogP contribution in [0.25, 0.3) is 11.2 Å². The number of nitrogens with zero attached hydrogens (tertiary/aromatic N) is 4. The van der Waals surface area contributed by atoms with Crippen LogP contribution >= 0.6 is 0 Å². The minimum atomic E-state index is -0.454. The van der Waals surface area contributed by atoms with E-state index in [9.17, 15) is 18.8 Å². The third-order valence-corrected chi connectivity index (χ3v) is 5.13. The van der Waals surface area contributed by atoms with E-state index in [4.69, 9.17) is 0 Å². The van der Waals surface area contributed by atoms with E-state index in [-0.39, 0.29) is 35.9 Å². The van der Waals surface area contributed by atoms with Gasteiger partial charge in [0.2, 0.25) is 5.91 Å². The molecular formula is C20H24FN5O3. The Hall–Kier alpha value is -3.23. The molecule has 2 aromatic heterocycles. The maximum atomic E-state index is 13.5. The van der Waals surface area contributed by atoms with E-state index in [0.29, 0.717) is 6.54 Å². The summed E-state index contributed by atoms with van der Waals surface area (Å²) in [5.74, 6) is -0.511. The van der Waals surface area contributed by atoms with Gasteiger partial charge in [0.15, 0.2) is 11.2 Å². The molecule has 9 heteroatoms. The van der Waals surface area contributed by atoms with E-state index in [1.54, 1.807) is 17.7 Å². The molecular weight excluding hydrogens is 377 g/mol. The molecule has 0 saturated heterocycles. The summed E-state index contributed by atoms with van der Waals surface area (Å²) in [4.78, 5) is 40.9. The first kappa shape index (κ1) is 20.5. The molecule has 0 saturated carbocycles. The molecule has 0 bridgehead atoms. The maximum absolute atomic E-state index is 13.5. The van der Waals surface area contributed by atoms with Gasteiger partial charge in [0.05, 0.1) is 6.33 Å². The summed E-state index contributed by atoms with van der Waals surface area (Å²) in [6.45, 7) is 4.44. The van der Waals surface area contributed by atoms with Gasteiger partial charge in [-0.3, -0.25) is 18.7 Å². The van der Waals surface area contributed by atoms with Crippen molar-refractivity contribution < 1.29 is 9.18 Å². The van der Waals surface area contributed by atoms with Crippen molar-refractivity contribution in [3.63, 3.8) is 0 Å². The van der Waals surface area contributed by atoms with Crippen molar-refractivity contribution in [1.29, 1.82) is 0 Å². The molecule has 154 valence electrons. The van der Waals surface area contributed by atoms with Crippen LogP contribution in [0, 0.1) is 5.82 Å². The minimum absolute atomic E-state index is 0.136. The summed E-state index contributed by atoms with van der Waals surface area (Å²) < 4.78 is 17.4. The van der Waals surface area contributed by atoms with Crippen LogP contribution < -0.4 is 16.6 Å². The molecule has 0 fully saturated rings. The van der Waals surface area contributed by atoms with E-state index in [1.165, 1.54) is 30.1 Å². The van der Waals surface area contributed by atoms with Crippen molar-refractivity contribution in [1.82, 2.24) is 24.0 Å². The number of carbonyl (C=O) groups is 1. The molecule has 0 aliphatic rings. The Balaban J connectivity index is 1.69. The molecule has 3 rings (SSSR count). The lowest BCUT2D eigenvalue weighted by Gasteiger charge is -2.25. The lowest BCUT2D eigenvalue weighted by molar-refractivity contribution is -0.121. The molecule has 0 aliphatic carbocycles. The second-order valence-corrected chi connectivity index (χ2v) is 7.74. The molecule has 29 heavy (non-hydrogen) atoms. The van der Waals surface area contributed by atoms with E-state index >= 15 is 0 Å². The van der Waals surface area contributed by atoms with Crippen molar-refractivity contribution in [3.8, 4) is 0 Å². The highest BCUT2D eigenvalue weighted by Gasteiger charge is 2.22. The largest absolute Gasteiger partial charge is 0.355 e. The summed E-state index contributed by atoms with van der Waals surface area (Å²) in [5.41, 5.74) is 0.0163. The number of halogens is 1. The molecule has 0 radical (unpaired) electrons. The molecule has 8 nitrogen and oxygen atoms in total. The van der Waals surface area contributed by atoms with Crippen LogP contribution in [-0.2, 0) is 30.8 Å². The second kappa shape index (κ2) is 7.65. The number of benzene rings is 1. The Labute approximate surface area is 166 Å². The van der Waals surface area contributed by atoms with Crippen LogP contribution in [0.4, 0.5) is 4.39 Å². The molecule has 0 aliphatic heterocycles. The fraction of sp³-hybridized carbons (Fsp3) is 0.400. The molecule has 2 heterocycles. The van der Waals surface area contributed by atoms with Gasteiger partial charge in [-0.05, 0) is 17.7 Å². The van der Waals surface area contributed by atoms with Gasteiger partial charge in [-0.2, -0.15) is 0 Å². The number of aromatic nitrogens is 4. The summed E-state index contributed by atoms with van der Waals surface area (Å²) in [6, 6.07) is 6.32. The van der Waals surface area contributed by atoms with Crippen LogP contribution in [0.3, 0.4) is 0 Å². The average Bonchev–Trinajstić information content (AvgIpc) is 3.11. The quantitative estimate of drug-likeness (QED) is 0.669. The van der Waals surface area contributed by atoms with Gasteiger partial charge in [-0.15, -0.1) is 0 Å². The van der Waals surface area contributed by atoms with E-state index in [0.717, 1.165) is 10.1 Å². The summed E-state index contributed by atoms with van der Waals surface area (Å²) in [5, 5.41) is 2.86. The highest BCUT2D eigenvalue weighted by molar-refractivity contribution is 5.76. The third kappa shape index (κ3) is 3.98. The van der Waals surface area contributed by atoms with Crippen molar-refractivity contribution in [2.24, 2.45) is 14.1 Å². The molecule has 3 aromatic rings. The fourth-order valence-electron chi connectivity index (χ4n) is 3.21. The lowest BCUT2D eigenvalue weighted by atomic mass is 9.84. The van der Waals surface area contributed by atoms with Gasteiger partial charge in [0.1, 0.15) is 5.82 Å². The predicted octanol–water partition coefficient (Wildman–Crippen LogP) is 1.06. The van der Waals surface area contributed by atoms with Gasteiger partial charge in [0, 0.05) is 39.0 Å². The standard InChI is InChI=1S/C20H24FN5O3/c1-20(2,13-6-5-7-14(21)10-13)11-22-15(27)8-9-26-12-23-17-16(26)18(28)25(4)19(29)24(17)3/h5-7,10,12H,8-9,11H2,1-4H3,(H,22,27). The topological polar surface area (TPSA) is 90.9 Å². The molecule has 1 aromatic carbocycles. The van der Waals surface area contributed by atoms with Crippen LogP contribution in [0.2, 0.25) is 0 Å². The summed E-state index contributed by atoms with van der Waals surface area (Å²) in [7, 11) is 2.95. The van der Waals surface area contributed by atoms with Gasteiger partial charge >= 0.3 is 5.69 Å². The van der Waals surface area contributed by atoms with Crippen molar-refractivity contribution in [3.05, 3.63) is 62.8 Å². The first-order valence-electron chi connectivity index (χ1n) is 9.25. The maximum Gasteiger partial charge on any atom is 0.332 e. The fourth-order valence-corrected chi connectivity index (χ4v) is 3.21. The van der Waals surface area contributed by atoms with Gasteiger partial charge < -0.3 is 9.88 Å². The van der Waals surface area contributed by atoms with Crippen LogP contribution in [-0.4, -0.2) is 31.1 Å². The highest BCUT2D eigenvalue weighted by atomic mass is 19.1. The number of aryl methyl sites for hydroxylation is 2. The van der Waals surface area contributed by atoms with Crippen LogP contribution in [0.5, 0.6) is 0 Å². The van der Waals surface area contributed by atoms with Gasteiger partial charge in [-0.1, -0.05) is 26.0 Å². The van der Waals surface area contributed by atoms with E-state index < -0.39 is 16.7 Å². The average molecular weight is 401 g/mol. The highest BCUT2D eigenvalue weighted by Crippen LogP contribution is 2.22. The van der Waals surface area contributed by atoms with Crippen molar-refractivity contribution in [2.75, 3.05) is 6.54 Å².